The summed E-state index contributed by atoms with van der Waals surface area (Å²) in [4.78, 5) is 34.1. The monoisotopic (exact) mass is 442 g/mol. The summed E-state index contributed by atoms with van der Waals surface area (Å²) in [5, 5.41) is 4.07. The number of aryl methyl sites for hydroxylation is 1. The molecule has 0 bridgehead atoms. The van der Waals surface area contributed by atoms with Crippen LogP contribution in [0.5, 0.6) is 0 Å². The third-order valence-corrected chi connectivity index (χ3v) is 7.20. The highest BCUT2D eigenvalue weighted by atomic mass is 32.1. The Hall–Kier alpha value is -2.45. The number of aromatic nitrogens is 1. The van der Waals surface area contributed by atoms with Crippen LogP contribution in [0.2, 0.25) is 0 Å². The standard InChI is InChI=1S/C23H30N4O3S/c1-3-30-23(29)27-13-11-26(12-14-27)21(17-7-6-10-24-15-17)20-18-8-4-5-9-19(18)31-22(20)25-16(2)28/h6-7,10,15,21H,3-5,8-9,11-14H2,1-2H3,(H,25,28). The van der Waals surface area contributed by atoms with Gasteiger partial charge in [0.15, 0.2) is 0 Å². The number of amides is 2. The number of thiophene rings is 1. The average molecular weight is 443 g/mol. The van der Waals surface area contributed by atoms with E-state index in [1.165, 1.54) is 28.8 Å². The second kappa shape index (κ2) is 9.78. The van der Waals surface area contributed by atoms with Crippen molar-refractivity contribution in [3.63, 3.8) is 0 Å². The van der Waals surface area contributed by atoms with Crippen molar-refractivity contribution in [2.24, 2.45) is 0 Å². The van der Waals surface area contributed by atoms with E-state index in [2.05, 4.69) is 21.3 Å². The molecule has 1 fully saturated rings. The second-order valence-corrected chi connectivity index (χ2v) is 9.15. The Kier molecular flexibility index (Phi) is 6.87. The molecule has 7 nitrogen and oxygen atoms in total. The van der Waals surface area contributed by atoms with Crippen LogP contribution in [0, 0.1) is 0 Å². The van der Waals surface area contributed by atoms with Crippen LogP contribution >= 0.6 is 11.3 Å². The summed E-state index contributed by atoms with van der Waals surface area (Å²) in [5.41, 5.74) is 3.72. The molecule has 2 amide bonds. The summed E-state index contributed by atoms with van der Waals surface area (Å²) in [6.07, 6.45) is 7.95. The molecule has 0 saturated carbocycles. The van der Waals surface area contributed by atoms with Crippen molar-refractivity contribution in [2.45, 2.75) is 45.6 Å². The highest BCUT2D eigenvalue weighted by Crippen LogP contribution is 2.45. The fourth-order valence-corrected chi connectivity index (χ4v) is 5.98. The molecular weight excluding hydrogens is 412 g/mol. The maximum Gasteiger partial charge on any atom is 0.409 e. The van der Waals surface area contributed by atoms with E-state index in [9.17, 15) is 9.59 Å². The maximum atomic E-state index is 12.2. The quantitative estimate of drug-likeness (QED) is 0.761. The fourth-order valence-electron chi connectivity index (χ4n) is 4.61. The minimum atomic E-state index is -0.244. The molecule has 3 heterocycles. The van der Waals surface area contributed by atoms with Crippen molar-refractivity contribution >= 4 is 28.3 Å². The zero-order valence-electron chi connectivity index (χ0n) is 18.2. The molecule has 1 aliphatic carbocycles. The highest BCUT2D eigenvalue weighted by molar-refractivity contribution is 7.16. The van der Waals surface area contributed by atoms with Crippen molar-refractivity contribution in [3.05, 3.63) is 46.1 Å². The van der Waals surface area contributed by atoms with Crippen LogP contribution in [-0.2, 0) is 22.4 Å². The largest absolute Gasteiger partial charge is 0.450 e. The number of nitrogens with one attached hydrogen (secondary N) is 1. The first kappa shape index (κ1) is 21.8. The molecule has 2 aliphatic rings. The van der Waals surface area contributed by atoms with Crippen LogP contribution in [0.1, 0.15) is 54.3 Å². The van der Waals surface area contributed by atoms with Gasteiger partial charge in [-0.3, -0.25) is 14.7 Å². The van der Waals surface area contributed by atoms with Crippen LogP contribution in [0.3, 0.4) is 0 Å². The number of hydrogen-bond acceptors (Lipinski definition) is 6. The number of hydrogen-bond donors (Lipinski definition) is 1. The number of fused-ring (bicyclic) bond motifs is 1. The number of carbonyl (C=O) groups is 2. The number of carbonyl (C=O) groups excluding carboxylic acids is 2. The highest BCUT2D eigenvalue weighted by Gasteiger charge is 2.34. The number of anilines is 1. The summed E-state index contributed by atoms with van der Waals surface area (Å²) in [5.74, 6) is -0.0445. The molecule has 1 N–H and O–H groups in total. The van der Waals surface area contributed by atoms with E-state index in [1.54, 1.807) is 29.4 Å². The Bertz CT molecular complexity index is 922. The minimum Gasteiger partial charge on any atom is -0.450 e. The zero-order valence-corrected chi connectivity index (χ0v) is 19.0. The van der Waals surface area contributed by atoms with Crippen molar-refractivity contribution in [3.8, 4) is 0 Å². The molecule has 166 valence electrons. The molecule has 0 aromatic carbocycles. The lowest BCUT2D eigenvalue weighted by atomic mass is 9.89. The van der Waals surface area contributed by atoms with Crippen LogP contribution < -0.4 is 5.32 Å². The third-order valence-electron chi connectivity index (χ3n) is 5.98. The number of nitrogens with zero attached hydrogens (tertiary/aromatic N) is 3. The SMILES string of the molecule is CCOC(=O)N1CCN(C(c2cccnc2)c2c(NC(C)=O)sc3c2CCCC3)CC1. The van der Waals surface area contributed by atoms with E-state index >= 15 is 0 Å². The van der Waals surface area contributed by atoms with Gasteiger partial charge in [0.25, 0.3) is 0 Å². The van der Waals surface area contributed by atoms with Gasteiger partial charge in [-0.15, -0.1) is 11.3 Å². The summed E-state index contributed by atoms with van der Waals surface area (Å²) in [6, 6.07) is 4.08. The van der Waals surface area contributed by atoms with Crippen LogP contribution in [0.15, 0.2) is 24.5 Å². The van der Waals surface area contributed by atoms with Gasteiger partial charge in [0.2, 0.25) is 5.91 Å². The van der Waals surface area contributed by atoms with Gasteiger partial charge in [-0.1, -0.05) is 6.07 Å². The van der Waals surface area contributed by atoms with E-state index in [4.69, 9.17) is 4.74 Å². The van der Waals surface area contributed by atoms with Gasteiger partial charge in [0.05, 0.1) is 12.6 Å². The Labute approximate surface area is 187 Å². The minimum absolute atomic E-state index is 0.00186. The van der Waals surface area contributed by atoms with Gasteiger partial charge >= 0.3 is 6.09 Å². The number of rotatable bonds is 5. The third kappa shape index (κ3) is 4.75. The first-order chi connectivity index (χ1) is 15.1. The van der Waals surface area contributed by atoms with E-state index < -0.39 is 0 Å². The second-order valence-electron chi connectivity index (χ2n) is 8.05. The molecule has 2 aromatic heterocycles. The maximum absolute atomic E-state index is 12.2. The Morgan fingerprint density at radius 1 is 1.23 bits per heavy atom. The van der Waals surface area contributed by atoms with Gasteiger partial charge < -0.3 is 15.0 Å². The van der Waals surface area contributed by atoms with Gasteiger partial charge in [-0.25, -0.2) is 4.79 Å². The lowest BCUT2D eigenvalue weighted by Gasteiger charge is -2.39. The van der Waals surface area contributed by atoms with Gasteiger partial charge in [-0.05, 0) is 49.8 Å². The first-order valence-electron chi connectivity index (χ1n) is 11.1. The van der Waals surface area contributed by atoms with E-state index in [-0.39, 0.29) is 18.0 Å². The molecular formula is C23H30N4O3S. The molecule has 4 rings (SSSR count). The molecule has 0 spiro atoms. The average Bonchev–Trinajstić information content (AvgIpc) is 3.12. The first-order valence-corrected chi connectivity index (χ1v) is 11.9. The van der Waals surface area contributed by atoms with E-state index in [1.807, 2.05) is 19.2 Å². The van der Waals surface area contributed by atoms with Crippen molar-refractivity contribution in [2.75, 3.05) is 38.1 Å². The molecule has 0 radical (unpaired) electrons. The molecule has 2 aromatic rings. The van der Waals surface area contributed by atoms with Crippen LogP contribution in [0.4, 0.5) is 9.80 Å². The van der Waals surface area contributed by atoms with Gasteiger partial charge in [0, 0.05) is 55.9 Å². The smallest absolute Gasteiger partial charge is 0.409 e. The molecule has 1 atom stereocenters. The number of piperazine rings is 1. The fraction of sp³-hybridized carbons (Fsp3) is 0.522. The lowest BCUT2D eigenvalue weighted by molar-refractivity contribution is -0.114. The van der Waals surface area contributed by atoms with E-state index in [0.29, 0.717) is 19.7 Å². The Morgan fingerprint density at radius 3 is 2.68 bits per heavy atom. The van der Waals surface area contributed by atoms with Gasteiger partial charge in [-0.2, -0.15) is 0 Å². The summed E-state index contributed by atoms with van der Waals surface area (Å²) >= 11 is 1.73. The molecule has 1 unspecified atom stereocenters. The number of ether oxygens (including phenoxy) is 1. The van der Waals surface area contributed by atoms with Crippen LogP contribution in [-0.4, -0.2) is 59.6 Å². The molecule has 8 heteroatoms. The predicted molar refractivity (Wildman–Crippen MR) is 122 cm³/mol. The van der Waals surface area contributed by atoms with Crippen LogP contribution in [0.25, 0.3) is 0 Å². The Morgan fingerprint density at radius 2 is 2.00 bits per heavy atom. The van der Waals surface area contributed by atoms with E-state index in [0.717, 1.165) is 36.5 Å². The topological polar surface area (TPSA) is 74.8 Å². The van der Waals surface area contributed by atoms with Crippen molar-refractivity contribution in [1.82, 2.24) is 14.8 Å². The number of pyridine rings is 1. The molecule has 1 saturated heterocycles. The van der Waals surface area contributed by atoms with Gasteiger partial charge in [0.1, 0.15) is 5.00 Å². The summed E-state index contributed by atoms with van der Waals surface area (Å²) < 4.78 is 5.18. The lowest BCUT2D eigenvalue weighted by Crippen LogP contribution is -2.50. The van der Waals surface area contributed by atoms with Crippen molar-refractivity contribution < 1.29 is 14.3 Å². The molecule has 31 heavy (non-hydrogen) atoms. The predicted octanol–water partition coefficient (Wildman–Crippen LogP) is 3.84. The summed E-state index contributed by atoms with van der Waals surface area (Å²) in [6.45, 7) is 6.51. The van der Waals surface area contributed by atoms with Crippen molar-refractivity contribution in [1.29, 1.82) is 0 Å². The molecule has 1 aliphatic heterocycles. The summed E-state index contributed by atoms with van der Waals surface area (Å²) in [7, 11) is 0. The Balaban J connectivity index is 1.70. The zero-order chi connectivity index (χ0) is 21.8. The normalized spacial score (nSPS) is 17.7.